The van der Waals surface area contributed by atoms with Crippen molar-refractivity contribution in [1.29, 1.82) is 0 Å². The fourth-order valence-electron chi connectivity index (χ4n) is 2.22. The van der Waals surface area contributed by atoms with Crippen molar-refractivity contribution in [2.24, 2.45) is 0 Å². The van der Waals surface area contributed by atoms with Gasteiger partial charge in [0.05, 0.1) is 20.5 Å². The van der Waals surface area contributed by atoms with Gasteiger partial charge in [-0.05, 0) is 11.1 Å². The molecule has 9 heteroatoms. The summed E-state index contributed by atoms with van der Waals surface area (Å²) >= 11 is 0. The summed E-state index contributed by atoms with van der Waals surface area (Å²) in [7, 11) is 2.43. The maximum absolute atomic E-state index is 13.7. The number of carbonyl (C=O) groups excluding carboxylic acids is 1. The molecule has 144 valence electrons. The van der Waals surface area contributed by atoms with Gasteiger partial charge in [0.2, 0.25) is 29.1 Å². The Kier molecular flexibility index (Phi) is 6.38. The molecule has 0 aromatic heterocycles. The Morgan fingerprint density at radius 3 is 2.04 bits per heavy atom. The molecule has 0 aliphatic heterocycles. The van der Waals surface area contributed by atoms with Crippen molar-refractivity contribution in [2.45, 2.75) is 6.61 Å². The van der Waals surface area contributed by atoms with Crippen molar-refractivity contribution >= 4 is 11.5 Å². The van der Waals surface area contributed by atoms with Gasteiger partial charge in [-0.15, -0.1) is 0 Å². The summed E-state index contributed by atoms with van der Waals surface area (Å²) in [5, 5.41) is 0. The van der Waals surface area contributed by atoms with E-state index < -0.39 is 47.4 Å². The molecule has 0 aliphatic carbocycles. The Morgan fingerprint density at radius 2 is 1.48 bits per heavy atom. The topological polar surface area (TPSA) is 44.8 Å². The van der Waals surface area contributed by atoms with Crippen LogP contribution in [-0.2, 0) is 20.9 Å². The van der Waals surface area contributed by atoms with Crippen molar-refractivity contribution in [2.75, 3.05) is 14.2 Å². The van der Waals surface area contributed by atoms with E-state index in [2.05, 4.69) is 4.74 Å². The largest absolute Gasteiger partial charge is 0.503 e. The Morgan fingerprint density at radius 1 is 0.926 bits per heavy atom. The number of carbonyl (C=O) groups is 1. The number of benzene rings is 2. The molecule has 0 radical (unpaired) electrons. The molecule has 2 rings (SSSR count). The molecule has 0 aliphatic rings. The quantitative estimate of drug-likeness (QED) is 0.187. The fourth-order valence-corrected chi connectivity index (χ4v) is 2.22. The van der Waals surface area contributed by atoms with Crippen molar-refractivity contribution in [3.05, 3.63) is 70.7 Å². The minimum absolute atomic E-state index is 0.0309. The van der Waals surface area contributed by atoms with E-state index in [0.29, 0.717) is 0 Å². The molecule has 0 fully saturated rings. The highest BCUT2D eigenvalue weighted by Crippen LogP contribution is 2.30. The van der Waals surface area contributed by atoms with Crippen LogP contribution in [0.2, 0.25) is 0 Å². The first-order valence-electron chi connectivity index (χ1n) is 7.37. The molecule has 0 amide bonds. The maximum atomic E-state index is 13.7. The standard InChI is InChI=1S/C18H13F5O4/c1-25-8-11(18(24)26-2)10-6-4-3-5-9(10)7-27-17-15(22)13(20)12(19)14(21)16(17)23/h3-6,8H,7H2,1-2H3. The summed E-state index contributed by atoms with van der Waals surface area (Å²) in [5.41, 5.74) is 0.418. The molecule has 0 bridgehead atoms. The minimum Gasteiger partial charge on any atom is -0.503 e. The Bertz CT molecular complexity index is 867. The molecule has 2 aromatic carbocycles. The van der Waals surface area contributed by atoms with E-state index in [1.54, 1.807) is 6.07 Å². The molecule has 2 aromatic rings. The lowest BCUT2D eigenvalue weighted by Crippen LogP contribution is -2.10. The first-order valence-corrected chi connectivity index (χ1v) is 7.37. The van der Waals surface area contributed by atoms with E-state index in [9.17, 15) is 26.7 Å². The average Bonchev–Trinajstić information content (AvgIpc) is 2.69. The summed E-state index contributed by atoms with van der Waals surface area (Å²) in [4.78, 5) is 11.9. The van der Waals surface area contributed by atoms with E-state index >= 15 is 0 Å². The molecule has 4 nitrogen and oxygen atoms in total. The van der Waals surface area contributed by atoms with Gasteiger partial charge in [0, 0.05) is 0 Å². The van der Waals surface area contributed by atoms with Crippen LogP contribution in [0.4, 0.5) is 22.0 Å². The smallest absolute Gasteiger partial charge is 0.341 e. The van der Waals surface area contributed by atoms with Gasteiger partial charge >= 0.3 is 5.97 Å². The molecule has 0 heterocycles. The van der Waals surface area contributed by atoms with Gasteiger partial charge in [-0.2, -0.15) is 8.78 Å². The van der Waals surface area contributed by atoms with Gasteiger partial charge in [-0.3, -0.25) is 0 Å². The van der Waals surface area contributed by atoms with E-state index in [-0.39, 0.29) is 16.7 Å². The van der Waals surface area contributed by atoms with E-state index in [0.717, 1.165) is 13.4 Å². The molecule has 0 spiro atoms. The number of ether oxygens (including phenoxy) is 3. The van der Waals surface area contributed by atoms with Crippen LogP contribution in [0.15, 0.2) is 30.5 Å². The fraction of sp³-hybridized carbons (Fsp3) is 0.167. The van der Waals surface area contributed by atoms with Crippen LogP contribution in [0, 0.1) is 29.1 Å². The third-order valence-corrected chi connectivity index (χ3v) is 3.49. The predicted molar refractivity (Wildman–Crippen MR) is 84.0 cm³/mol. The van der Waals surface area contributed by atoms with E-state index in [1.807, 2.05) is 0 Å². The number of rotatable bonds is 6. The number of hydrogen-bond acceptors (Lipinski definition) is 4. The first-order chi connectivity index (χ1) is 12.8. The third kappa shape index (κ3) is 4.02. The summed E-state index contributed by atoms with van der Waals surface area (Å²) in [6.45, 7) is -0.591. The van der Waals surface area contributed by atoms with E-state index in [1.165, 1.54) is 25.3 Å². The van der Waals surface area contributed by atoms with Crippen LogP contribution in [-0.4, -0.2) is 20.2 Å². The van der Waals surface area contributed by atoms with Gasteiger partial charge in [-0.1, -0.05) is 24.3 Å². The SMILES string of the molecule is COC=C(C(=O)OC)c1ccccc1COc1c(F)c(F)c(F)c(F)c1F. The van der Waals surface area contributed by atoms with Crippen molar-refractivity contribution in [3.8, 4) is 5.75 Å². The Labute approximate surface area is 150 Å². The van der Waals surface area contributed by atoms with Crippen LogP contribution >= 0.6 is 0 Å². The molecular weight excluding hydrogens is 375 g/mol. The van der Waals surface area contributed by atoms with E-state index in [4.69, 9.17) is 9.47 Å². The highest BCUT2D eigenvalue weighted by Gasteiger charge is 2.27. The van der Waals surface area contributed by atoms with Crippen molar-refractivity contribution < 1.29 is 41.0 Å². The second-order valence-corrected chi connectivity index (χ2v) is 5.10. The summed E-state index contributed by atoms with van der Waals surface area (Å²) in [6, 6.07) is 6.00. The Hall–Kier alpha value is -3.10. The molecule has 0 atom stereocenters. The van der Waals surface area contributed by atoms with Gasteiger partial charge < -0.3 is 14.2 Å². The Balaban J connectivity index is 2.42. The summed E-state index contributed by atoms with van der Waals surface area (Å²) in [5.74, 6) is -12.9. The molecule has 0 saturated carbocycles. The van der Waals surface area contributed by atoms with Gasteiger partial charge in [0.1, 0.15) is 12.2 Å². The molecular formula is C18H13F5O4. The van der Waals surface area contributed by atoms with Crippen LogP contribution in [0.1, 0.15) is 11.1 Å². The summed E-state index contributed by atoms with van der Waals surface area (Å²) in [6.07, 6.45) is 1.09. The highest BCUT2D eigenvalue weighted by molar-refractivity contribution is 6.16. The average molecular weight is 388 g/mol. The molecule has 0 unspecified atom stereocenters. The van der Waals surface area contributed by atoms with Crippen molar-refractivity contribution in [1.82, 2.24) is 0 Å². The van der Waals surface area contributed by atoms with Crippen LogP contribution in [0.3, 0.4) is 0 Å². The molecule has 0 N–H and O–H groups in total. The normalized spacial score (nSPS) is 11.3. The number of hydrogen-bond donors (Lipinski definition) is 0. The highest BCUT2D eigenvalue weighted by atomic mass is 19.2. The second kappa shape index (κ2) is 8.52. The first kappa shape index (κ1) is 20.2. The number of esters is 1. The van der Waals surface area contributed by atoms with Gasteiger partial charge in [-0.25, -0.2) is 18.0 Å². The maximum Gasteiger partial charge on any atom is 0.341 e. The monoisotopic (exact) mass is 388 g/mol. The zero-order chi connectivity index (χ0) is 20.1. The lowest BCUT2D eigenvalue weighted by atomic mass is 10.0. The second-order valence-electron chi connectivity index (χ2n) is 5.10. The van der Waals surface area contributed by atoms with Gasteiger partial charge in [0.15, 0.2) is 5.75 Å². The summed E-state index contributed by atoms with van der Waals surface area (Å²) < 4.78 is 81.3. The van der Waals surface area contributed by atoms with Crippen LogP contribution in [0.5, 0.6) is 5.75 Å². The number of methoxy groups -OCH3 is 2. The van der Waals surface area contributed by atoms with Gasteiger partial charge in [0.25, 0.3) is 0 Å². The number of halogens is 5. The zero-order valence-corrected chi connectivity index (χ0v) is 14.1. The molecule has 27 heavy (non-hydrogen) atoms. The van der Waals surface area contributed by atoms with Crippen LogP contribution < -0.4 is 4.74 Å². The zero-order valence-electron chi connectivity index (χ0n) is 14.1. The third-order valence-electron chi connectivity index (χ3n) is 3.49. The lowest BCUT2D eigenvalue weighted by Gasteiger charge is -2.14. The lowest BCUT2D eigenvalue weighted by molar-refractivity contribution is -0.133. The van der Waals surface area contributed by atoms with Crippen LogP contribution in [0.25, 0.3) is 5.57 Å². The molecule has 0 saturated heterocycles. The van der Waals surface area contributed by atoms with Crippen molar-refractivity contribution in [3.63, 3.8) is 0 Å². The minimum atomic E-state index is -2.28. The predicted octanol–water partition coefficient (Wildman–Crippen LogP) is 4.12.